The Hall–Kier alpha value is -1.88. The molecule has 2 N–H and O–H groups in total. The number of hydrogen-bond acceptors (Lipinski definition) is 4. The van der Waals surface area contributed by atoms with Crippen LogP contribution in [-0.4, -0.2) is 28.6 Å². The van der Waals surface area contributed by atoms with Crippen LogP contribution in [0.4, 0.5) is 0 Å². The molecule has 0 aliphatic carbocycles. The van der Waals surface area contributed by atoms with Crippen molar-refractivity contribution in [3.05, 3.63) is 30.5 Å². The van der Waals surface area contributed by atoms with E-state index >= 15 is 0 Å². The molecule has 0 saturated carbocycles. The minimum Gasteiger partial charge on any atom is -0.497 e. The molecule has 84 valence electrons. The largest absolute Gasteiger partial charge is 0.497 e. The first-order valence-corrected chi connectivity index (χ1v) is 5.08. The van der Waals surface area contributed by atoms with Crippen molar-refractivity contribution in [1.29, 1.82) is 0 Å². The van der Waals surface area contributed by atoms with Gasteiger partial charge in [-0.15, -0.1) is 5.10 Å². The zero-order chi connectivity index (χ0) is 11.4. The molecule has 0 atom stereocenters. The lowest BCUT2D eigenvalue weighted by atomic mass is 10.1. The van der Waals surface area contributed by atoms with Gasteiger partial charge in [0.2, 0.25) is 0 Å². The Balaban J connectivity index is 2.31. The van der Waals surface area contributed by atoms with Gasteiger partial charge < -0.3 is 10.5 Å². The fourth-order valence-corrected chi connectivity index (χ4v) is 1.53. The summed E-state index contributed by atoms with van der Waals surface area (Å²) < 4.78 is 6.90. The van der Waals surface area contributed by atoms with Gasteiger partial charge in [-0.25, -0.2) is 4.68 Å². The van der Waals surface area contributed by atoms with Crippen molar-refractivity contribution < 1.29 is 4.74 Å². The monoisotopic (exact) mass is 218 g/mol. The molecular formula is C11H14N4O. The molecule has 0 radical (unpaired) electrons. The van der Waals surface area contributed by atoms with Crippen molar-refractivity contribution in [3.63, 3.8) is 0 Å². The number of rotatable bonds is 4. The summed E-state index contributed by atoms with van der Waals surface area (Å²) in [5.74, 6) is 0.835. The van der Waals surface area contributed by atoms with E-state index in [2.05, 4.69) is 10.3 Å². The molecule has 2 aromatic rings. The van der Waals surface area contributed by atoms with E-state index < -0.39 is 0 Å². The Morgan fingerprint density at radius 1 is 1.31 bits per heavy atom. The average molecular weight is 218 g/mol. The fourth-order valence-electron chi connectivity index (χ4n) is 1.53. The van der Waals surface area contributed by atoms with Gasteiger partial charge in [0.1, 0.15) is 5.75 Å². The van der Waals surface area contributed by atoms with Gasteiger partial charge >= 0.3 is 0 Å². The van der Waals surface area contributed by atoms with Crippen molar-refractivity contribution in [1.82, 2.24) is 15.0 Å². The van der Waals surface area contributed by atoms with Crippen LogP contribution in [0, 0.1) is 0 Å². The van der Waals surface area contributed by atoms with E-state index in [0.29, 0.717) is 13.1 Å². The SMILES string of the molecule is COc1ccc(-c2cnnn2CCN)cc1. The number of aromatic nitrogens is 3. The third kappa shape index (κ3) is 2.04. The molecule has 0 spiro atoms. The molecule has 1 aromatic carbocycles. The number of benzene rings is 1. The topological polar surface area (TPSA) is 66.0 Å². The van der Waals surface area contributed by atoms with Crippen LogP contribution in [0.2, 0.25) is 0 Å². The third-order valence-corrected chi connectivity index (χ3v) is 2.34. The molecule has 1 heterocycles. The minimum atomic E-state index is 0.548. The van der Waals surface area contributed by atoms with Crippen molar-refractivity contribution in [2.45, 2.75) is 6.54 Å². The number of nitrogens with two attached hydrogens (primary N) is 1. The number of ether oxygens (including phenoxy) is 1. The molecule has 0 saturated heterocycles. The van der Waals surface area contributed by atoms with Crippen molar-refractivity contribution in [2.24, 2.45) is 5.73 Å². The molecule has 5 heteroatoms. The molecule has 2 rings (SSSR count). The molecule has 1 aromatic heterocycles. The molecule has 0 aliphatic rings. The van der Waals surface area contributed by atoms with Crippen LogP contribution >= 0.6 is 0 Å². The Kier molecular flexibility index (Phi) is 3.16. The van der Waals surface area contributed by atoms with E-state index in [1.807, 2.05) is 24.3 Å². The highest BCUT2D eigenvalue weighted by molar-refractivity contribution is 5.59. The summed E-state index contributed by atoms with van der Waals surface area (Å²) in [7, 11) is 1.65. The molecule has 0 aliphatic heterocycles. The van der Waals surface area contributed by atoms with Gasteiger partial charge in [-0.3, -0.25) is 0 Å². The van der Waals surface area contributed by atoms with Crippen LogP contribution < -0.4 is 10.5 Å². The smallest absolute Gasteiger partial charge is 0.118 e. The van der Waals surface area contributed by atoms with Gasteiger partial charge in [0.05, 0.1) is 25.5 Å². The zero-order valence-electron chi connectivity index (χ0n) is 9.13. The van der Waals surface area contributed by atoms with Crippen LogP contribution in [0.25, 0.3) is 11.3 Å². The lowest BCUT2D eigenvalue weighted by Gasteiger charge is -2.05. The second kappa shape index (κ2) is 4.76. The maximum absolute atomic E-state index is 5.50. The molecule has 0 unspecified atom stereocenters. The predicted molar refractivity (Wildman–Crippen MR) is 61.1 cm³/mol. The minimum absolute atomic E-state index is 0.548. The Morgan fingerprint density at radius 2 is 2.06 bits per heavy atom. The van der Waals surface area contributed by atoms with E-state index in [9.17, 15) is 0 Å². The first kappa shape index (κ1) is 10.6. The average Bonchev–Trinajstić information content (AvgIpc) is 2.78. The van der Waals surface area contributed by atoms with Crippen molar-refractivity contribution in [3.8, 4) is 17.0 Å². The summed E-state index contributed by atoms with van der Waals surface area (Å²) in [4.78, 5) is 0. The summed E-state index contributed by atoms with van der Waals surface area (Å²) in [6.45, 7) is 1.22. The van der Waals surface area contributed by atoms with Crippen LogP contribution in [0.1, 0.15) is 0 Å². The maximum atomic E-state index is 5.50. The zero-order valence-corrected chi connectivity index (χ0v) is 9.13. The number of nitrogens with zero attached hydrogens (tertiary/aromatic N) is 3. The lowest BCUT2D eigenvalue weighted by Crippen LogP contribution is -2.12. The molecule has 16 heavy (non-hydrogen) atoms. The highest BCUT2D eigenvalue weighted by atomic mass is 16.5. The second-order valence-electron chi connectivity index (χ2n) is 3.36. The Labute approximate surface area is 93.8 Å². The summed E-state index contributed by atoms with van der Waals surface area (Å²) in [5, 5.41) is 7.87. The predicted octanol–water partition coefficient (Wildman–Crippen LogP) is 0.912. The van der Waals surface area contributed by atoms with Crippen LogP contribution in [0.3, 0.4) is 0 Å². The Morgan fingerprint density at radius 3 is 2.69 bits per heavy atom. The van der Waals surface area contributed by atoms with Crippen LogP contribution in [0.15, 0.2) is 30.5 Å². The lowest BCUT2D eigenvalue weighted by molar-refractivity contribution is 0.415. The highest BCUT2D eigenvalue weighted by Crippen LogP contribution is 2.21. The van der Waals surface area contributed by atoms with Gasteiger partial charge in [-0.1, -0.05) is 5.21 Å². The normalized spacial score (nSPS) is 10.4. The first-order valence-electron chi connectivity index (χ1n) is 5.08. The molecule has 0 fully saturated rings. The van der Waals surface area contributed by atoms with Gasteiger partial charge in [0, 0.05) is 12.1 Å². The summed E-state index contributed by atoms with van der Waals surface area (Å²) >= 11 is 0. The van der Waals surface area contributed by atoms with E-state index in [1.54, 1.807) is 18.0 Å². The van der Waals surface area contributed by atoms with Gasteiger partial charge in [-0.2, -0.15) is 0 Å². The summed E-state index contributed by atoms with van der Waals surface area (Å²) in [6.07, 6.45) is 1.73. The van der Waals surface area contributed by atoms with Crippen molar-refractivity contribution in [2.75, 3.05) is 13.7 Å². The van der Waals surface area contributed by atoms with E-state index in [1.165, 1.54) is 0 Å². The molecule has 0 amide bonds. The van der Waals surface area contributed by atoms with Crippen molar-refractivity contribution >= 4 is 0 Å². The first-order chi connectivity index (χ1) is 7.85. The summed E-state index contributed by atoms with van der Waals surface area (Å²) in [5.41, 5.74) is 7.52. The molecular weight excluding hydrogens is 204 g/mol. The van der Waals surface area contributed by atoms with E-state index in [4.69, 9.17) is 10.5 Å². The quantitative estimate of drug-likeness (QED) is 0.828. The fraction of sp³-hybridized carbons (Fsp3) is 0.273. The molecule has 5 nitrogen and oxygen atoms in total. The molecule has 0 bridgehead atoms. The number of hydrogen-bond donors (Lipinski definition) is 1. The van der Waals surface area contributed by atoms with Crippen LogP contribution in [0.5, 0.6) is 5.75 Å². The second-order valence-corrected chi connectivity index (χ2v) is 3.36. The van der Waals surface area contributed by atoms with Crippen LogP contribution in [-0.2, 0) is 6.54 Å². The Bertz CT molecular complexity index is 449. The van der Waals surface area contributed by atoms with Gasteiger partial charge in [0.25, 0.3) is 0 Å². The van der Waals surface area contributed by atoms with E-state index in [-0.39, 0.29) is 0 Å². The summed E-state index contributed by atoms with van der Waals surface area (Å²) in [6, 6.07) is 7.78. The standard InChI is InChI=1S/C11H14N4O/c1-16-10-4-2-9(3-5-10)11-8-13-14-15(11)7-6-12/h2-5,8H,6-7,12H2,1H3. The highest BCUT2D eigenvalue weighted by Gasteiger charge is 2.05. The number of methoxy groups -OCH3 is 1. The maximum Gasteiger partial charge on any atom is 0.118 e. The van der Waals surface area contributed by atoms with Gasteiger partial charge in [-0.05, 0) is 24.3 Å². The third-order valence-electron chi connectivity index (χ3n) is 2.34. The van der Waals surface area contributed by atoms with Gasteiger partial charge in [0.15, 0.2) is 0 Å². The van der Waals surface area contributed by atoms with E-state index in [0.717, 1.165) is 17.0 Å².